The fourth-order valence-corrected chi connectivity index (χ4v) is 2.11. The smallest absolute Gasteiger partial charge is 0.137 e. The summed E-state index contributed by atoms with van der Waals surface area (Å²) in [5.41, 5.74) is 1.91. The fraction of sp³-hybridized carbons (Fsp3) is 0.231. The number of pyridine rings is 1. The molecule has 0 aliphatic heterocycles. The van der Waals surface area contributed by atoms with Crippen LogP contribution in [0.2, 0.25) is 5.02 Å². The summed E-state index contributed by atoms with van der Waals surface area (Å²) in [5.74, 6) is 0. The number of nitrogens with zero attached hydrogens (tertiary/aromatic N) is 4. The highest BCUT2D eigenvalue weighted by atomic mass is 35.5. The van der Waals surface area contributed by atoms with Crippen LogP contribution in [-0.4, -0.2) is 25.7 Å². The summed E-state index contributed by atoms with van der Waals surface area (Å²) in [4.78, 5) is 4.51. The Bertz CT molecular complexity index is 659. The summed E-state index contributed by atoms with van der Waals surface area (Å²) in [6.45, 7) is 2.45. The molecule has 5 nitrogen and oxygen atoms in total. The van der Waals surface area contributed by atoms with Gasteiger partial charge in [0.25, 0.3) is 0 Å². The maximum atomic E-state index is 5.94. The third-order valence-electron chi connectivity index (χ3n) is 2.85. The maximum Gasteiger partial charge on any atom is 0.137 e. The Hall–Kier alpha value is -1.85. The molecule has 0 aliphatic rings. The van der Waals surface area contributed by atoms with Crippen molar-refractivity contribution in [1.29, 1.82) is 0 Å². The molecule has 0 radical (unpaired) electrons. The first-order valence-corrected chi connectivity index (χ1v) is 6.50. The topological polar surface area (TPSA) is 47.2 Å². The monoisotopic (exact) mass is 275 g/mol. The number of hydrogen-bond acceptors (Lipinski definition) is 3. The second-order valence-electron chi connectivity index (χ2n) is 4.29. The van der Waals surface area contributed by atoms with Gasteiger partial charge in [0.05, 0.1) is 17.3 Å². The molecule has 0 atom stereocenters. The van der Waals surface area contributed by atoms with Crippen LogP contribution in [0.15, 0.2) is 43.0 Å². The van der Waals surface area contributed by atoms with Crippen molar-refractivity contribution in [3.63, 3.8) is 0 Å². The molecule has 3 heterocycles. The standard InChI is InChI=1S/C13H14ClN5/c14-11-2-3-13-17-12(10-18(13)9-11)8-15-5-7-19-6-1-4-16-19/h1-4,6,9-10,15H,5,7-8H2. The number of aromatic nitrogens is 4. The fourth-order valence-electron chi connectivity index (χ4n) is 1.95. The molecule has 19 heavy (non-hydrogen) atoms. The number of rotatable bonds is 5. The van der Waals surface area contributed by atoms with E-state index in [-0.39, 0.29) is 0 Å². The summed E-state index contributed by atoms with van der Waals surface area (Å²) in [6, 6.07) is 5.68. The van der Waals surface area contributed by atoms with E-state index in [0.29, 0.717) is 5.02 Å². The van der Waals surface area contributed by atoms with Gasteiger partial charge in [-0.3, -0.25) is 4.68 Å². The third kappa shape index (κ3) is 2.94. The summed E-state index contributed by atoms with van der Waals surface area (Å²) < 4.78 is 3.84. The molecule has 0 fully saturated rings. The van der Waals surface area contributed by atoms with Crippen LogP contribution in [0.5, 0.6) is 0 Å². The van der Waals surface area contributed by atoms with E-state index in [0.717, 1.165) is 31.0 Å². The van der Waals surface area contributed by atoms with Gasteiger partial charge in [-0.05, 0) is 18.2 Å². The summed E-state index contributed by atoms with van der Waals surface area (Å²) in [7, 11) is 0. The number of hydrogen-bond donors (Lipinski definition) is 1. The minimum atomic E-state index is 0.711. The van der Waals surface area contributed by atoms with E-state index in [2.05, 4.69) is 15.4 Å². The highest BCUT2D eigenvalue weighted by Gasteiger charge is 2.01. The molecule has 0 saturated heterocycles. The molecule has 0 saturated carbocycles. The van der Waals surface area contributed by atoms with Gasteiger partial charge >= 0.3 is 0 Å². The van der Waals surface area contributed by atoms with Crippen LogP contribution in [0.3, 0.4) is 0 Å². The first kappa shape index (κ1) is 12.2. The Morgan fingerprint density at radius 2 is 2.21 bits per heavy atom. The van der Waals surface area contributed by atoms with E-state index in [9.17, 15) is 0 Å². The third-order valence-corrected chi connectivity index (χ3v) is 3.07. The number of halogens is 1. The van der Waals surface area contributed by atoms with Crippen LogP contribution < -0.4 is 5.32 Å². The van der Waals surface area contributed by atoms with Crippen molar-refractivity contribution in [3.8, 4) is 0 Å². The Kier molecular flexibility index (Phi) is 3.48. The van der Waals surface area contributed by atoms with Crippen LogP contribution in [0.25, 0.3) is 5.65 Å². The molecule has 0 unspecified atom stereocenters. The molecular formula is C13H14ClN5. The van der Waals surface area contributed by atoms with E-state index in [1.807, 2.05) is 45.9 Å². The van der Waals surface area contributed by atoms with E-state index in [1.54, 1.807) is 6.20 Å². The molecular weight excluding hydrogens is 262 g/mol. The predicted molar refractivity (Wildman–Crippen MR) is 74.1 cm³/mol. The van der Waals surface area contributed by atoms with Gasteiger partial charge in [0, 0.05) is 37.9 Å². The van der Waals surface area contributed by atoms with Gasteiger partial charge in [0.1, 0.15) is 5.65 Å². The molecule has 3 aromatic rings. The van der Waals surface area contributed by atoms with Crippen LogP contribution >= 0.6 is 11.6 Å². The van der Waals surface area contributed by atoms with Crippen molar-refractivity contribution in [1.82, 2.24) is 24.5 Å². The van der Waals surface area contributed by atoms with Crippen LogP contribution in [-0.2, 0) is 13.1 Å². The van der Waals surface area contributed by atoms with Gasteiger partial charge in [-0.2, -0.15) is 5.10 Å². The Balaban J connectivity index is 1.56. The molecule has 3 aromatic heterocycles. The second kappa shape index (κ2) is 5.42. The molecule has 6 heteroatoms. The van der Waals surface area contributed by atoms with Gasteiger partial charge in [-0.25, -0.2) is 4.98 Å². The lowest BCUT2D eigenvalue weighted by atomic mass is 10.4. The zero-order valence-corrected chi connectivity index (χ0v) is 11.1. The summed E-state index contributed by atoms with van der Waals surface area (Å²) in [5, 5.41) is 8.20. The van der Waals surface area contributed by atoms with Gasteiger partial charge in [0.2, 0.25) is 0 Å². The molecule has 0 aliphatic carbocycles. The molecule has 0 spiro atoms. The Morgan fingerprint density at radius 3 is 3.05 bits per heavy atom. The van der Waals surface area contributed by atoms with Crippen molar-refractivity contribution >= 4 is 17.2 Å². The molecule has 98 valence electrons. The normalized spacial score (nSPS) is 11.2. The number of fused-ring (bicyclic) bond motifs is 1. The predicted octanol–water partition coefficient (Wildman–Crippen LogP) is 1.97. The van der Waals surface area contributed by atoms with Crippen LogP contribution in [0.4, 0.5) is 0 Å². The van der Waals surface area contributed by atoms with Gasteiger partial charge < -0.3 is 9.72 Å². The second-order valence-corrected chi connectivity index (χ2v) is 4.73. The van der Waals surface area contributed by atoms with Crippen molar-refractivity contribution < 1.29 is 0 Å². The quantitative estimate of drug-likeness (QED) is 0.724. The zero-order valence-electron chi connectivity index (χ0n) is 10.3. The molecule has 0 aromatic carbocycles. The SMILES string of the molecule is Clc1ccc2nc(CNCCn3cccn3)cn2c1. The minimum absolute atomic E-state index is 0.711. The van der Waals surface area contributed by atoms with Crippen molar-refractivity contribution in [2.75, 3.05) is 6.54 Å². The highest BCUT2D eigenvalue weighted by Crippen LogP contribution is 2.11. The molecule has 0 bridgehead atoms. The first-order valence-electron chi connectivity index (χ1n) is 6.12. The minimum Gasteiger partial charge on any atom is -0.309 e. The van der Waals surface area contributed by atoms with Gasteiger partial charge in [-0.1, -0.05) is 11.6 Å². The van der Waals surface area contributed by atoms with Crippen LogP contribution in [0, 0.1) is 0 Å². The largest absolute Gasteiger partial charge is 0.309 e. The average Bonchev–Trinajstić information content (AvgIpc) is 3.02. The van der Waals surface area contributed by atoms with E-state index in [1.165, 1.54) is 0 Å². The van der Waals surface area contributed by atoms with Crippen LogP contribution in [0.1, 0.15) is 5.69 Å². The lowest BCUT2D eigenvalue weighted by Gasteiger charge is -2.02. The van der Waals surface area contributed by atoms with Crippen molar-refractivity contribution in [3.05, 3.63) is 53.7 Å². The zero-order chi connectivity index (χ0) is 13.1. The Labute approximate surface area is 115 Å². The molecule has 0 amide bonds. The van der Waals surface area contributed by atoms with E-state index >= 15 is 0 Å². The van der Waals surface area contributed by atoms with Crippen molar-refractivity contribution in [2.45, 2.75) is 13.1 Å². The number of imidazole rings is 1. The summed E-state index contributed by atoms with van der Waals surface area (Å²) >= 11 is 5.94. The van der Waals surface area contributed by atoms with E-state index in [4.69, 9.17) is 11.6 Å². The lowest BCUT2D eigenvalue weighted by molar-refractivity contribution is 0.552. The average molecular weight is 276 g/mol. The summed E-state index contributed by atoms with van der Waals surface area (Å²) in [6.07, 6.45) is 7.58. The Morgan fingerprint density at radius 1 is 1.26 bits per heavy atom. The maximum absolute atomic E-state index is 5.94. The molecule has 3 rings (SSSR count). The number of nitrogens with one attached hydrogen (secondary N) is 1. The first-order chi connectivity index (χ1) is 9.31. The highest BCUT2D eigenvalue weighted by molar-refractivity contribution is 6.30. The van der Waals surface area contributed by atoms with E-state index < -0.39 is 0 Å². The lowest BCUT2D eigenvalue weighted by Crippen LogP contribution is -2.19. The van der Waals surface area contributed by atoms with Gasteiger partial charge in [-0.15, -0.1) is 0 Å². The van der Waals surface area contributed by atoms with Gasteiger partial charge in [0.15, 0.2) is 0 Å². The molecule has 1 N–H and O–H groups in total. The van der Waals surface area contributed by atoms with Crippen molar-refractivity contribution in [2.24, 2.45) is 0 Å².